The molecule has 2 aliphatic rings. The summed E-state index contributed by atoms with van der Waals surface area (Å²) in [6.45, 7) is 2.62. The number of nitrogens with zero attached hydrogens (tertiary/aromatic N) is 6. The smallest absolute Gasteiger partial charge is 0.227 e. The van der Waals surface area contributed by atoms with Crippen molar-refractivity contribution in [2.75, 3.05) is 37.5 Å². The predicted molar refractivity (Wildman–Crippen MR) is 153 cm³/mol. The average molecular weight is 540 g/mol. The van der Waals surface area contributed by atoms with E-state index in [1.807, 2.05) is 55.1 Å². The molecule has 10 nitrogen and oxygen atoms in total. The van der Waals surface area contributed by atoms with Gasteiger partial charge in [0, 0.05) is 49.5 Å². The monoisotopic (exact) mass is 539 g/mol. The number of para-hydroxylation sites is 2. The molecule has 2 fully saturated rings. The van der Waals surface area contributed by atoms with Crippen LogP contribution < -0.4 is 19.7 Å². The molecule has 10 heteroatoms. The molecule has 0 radical (unpaired) electrons. The van der Waals surface area contributed by atoms with Crippen molar-refractivity contribution < 1.29 is 13.9 Å². The molecule has 1 saturated carbocycles. The van der Waals surface area contributed by atoms with Crippen molar-refractivity contribution in [3.8, 4) is 11.5 Å². The highest BCUT2D eigenvalue weighted by Gasteiger charge is 2.31. The third-order valence-corrected chi connectivity index (χ3v) is 8.16. The lowest BCUT2D eigenvalue weighted by Crippen LogP contribution is -2.38. The second kappa shape index (κ2) is 10.3. The van der Waals surface area contributed by atoms with E-state index in [1.54, 1.807) is 14.2 Å². The van der Waals surface area contributed by atoms with Gasteiger partial charge in [-0.2, -0.15) is 4.98 Å². The highest BCUT2D eigenvalue weighted by atomic mass is 16.5. The number of fused-ring (bicyclic) bond motifs is 2. The highest BCUT2D eigenvalue weighted by Crippen LogP contribution is 2.38. The summed E-state index contributed by atoms with van der Waals surface area (Å²) in [6.07, 6.45) is 9.94. The Morgan fingerprint density at radius 3 is 2.67 bits per heavy atom. The molecule has 1 saturated heterocycles. The Balaban J connectivity index is 1.17. The van der Waals surface area contributed by atoms with Gasteiger partial charge in [0.05, 0.1) is 32.0 Å². The molecule has 3 aromatic heterocycles. The van der Waals surface area contributed by atoms with E-state index >= 15 is 0 Å². The Kier molecular flexibility index (Phi) is 6.37. The number of imidazole rings is 1. The standard InChI is InChI=1S/C30H33N7O3/c1-38-26-14-22-24(15-27(26)39-2)34-30(35-28(22)32-21-12-19(13-21)16-36-11-9-31-18-36)37-10-5-6-20(17-37)29-33-23-7-3-4-8-25(23)40-29/h3-4,7-9,11,14-15,18-21H,5-6,10,12-13,16-17H2,1-2H3,(H,32,34,35). The molecule has 0 spiro atoms. The second-order valence-corrected chi connectivity index (χ2v) is 10.8. The van der Waals surface area contributed by atoms with Gasteiger partial charge in [0.2, 0.25) is 5.95 Å². The van der Waals surface area contributed by atoms with Crippen LogP contribution in [0.15, 0.2) is 59.5 Å². The van der Waals surface area contributed by atoms with Gasteiger partial charge in [0.25, 0.3) is 0 Å². The van der Waals surface area contributed by atoms with Crippen molar-refractivity contribution in [1.29, 1.82) is 0 Å². The minimum absolute atomic E-state index is 0.179. The first-order chi connectivity index (χ1) is 19.7. The van der Waals surface area contributed by atoms with Gasteiger partial charge in [-0.05, 0) is 49.8 Å². The van der Waals surface area contributed by atoms with Crippen molar-refractivity contribution in [3.63, 3.8) is 0 Å². The molecule has 1 N–H and O–H groups in total. The first-order valence-corrected chi connectivity index (χ1v) is 13.9. The summed E-state index contributed by atoms with van der Waals surface area (Å²) in [5.74, 6) is 4.43. The highest BCUT2D eigenvalue weighted by molar-refractivity contribution is 5.93. The number of rotatable bonds is 8. The third-order valence-electron chi connectivity index (χ3n) is 8.16. The maximum atomic E-state index is 6.14. The van der Waals surface area contributed by atoms with Crippen LogP contribution in [0.3, 0.4) is 0 Å². The van der Waals surface area contributed by atoms with Gasteiger partial charge < -0.3 is 28.7 Å². The Morgan fingerprint density at radius 1 is 1.02 bits per heavy atom. The summed E-state index contributed by atoms with van der Waals surface area (Å²) in [5.41, 5.74) is 2.55. The first-order valence-electron chi connectivity index (χ1n) is 13.9. The summed E-state index contributed by atoms with van der Waals surface area (Å²) < 4.78 is 19.5. The van der Waals surface area contributed by atoms with Crippen LogP contribution >= 0.6 is 0 Å². The molecule has 7 rings (SSSR count). The number of ether oxygens (including phenoxy) is 2. The van der Waals surface area contributed by atoms with Crippen LogP contribution in [0.25, 0.3) is 22.0 Å². The molecule has 0 amide bonds. The van der Waals surface area contributed by atoms with Crippen LogP contribution in [0.4, 0.5) is 11.8 Å². The van der Waals surface area contributed by atoms with E-state index in [1.165, 1.54) is 0 Å². The third kappa shape index (κ3) is 4.67. The molecular weight excluding hydrogens is 506 g/mol. The van der Waals surface area contributed by atoms with Gasteiger partial charge in [-0.25, -0.2) is 15.0 Å². The normalized spacial score (nSPS) is 20.9. The molecule has 1 aliphatic carbocycles. The number of aromatic nitrogens is 5. The van der Waals surface area contributed by atoms with Crippen LogP contribution in [0, 0.1) is 5.92 Å². The Bertz CT molecular complexity index is 1590. The fourth-order valence-corrected chi connectivity index (χ4v) is 6.01. The minimum Gasteiger partial charge on any atom is -0.493 e. The molecule has 1 unspecified atom stereocenters. The summed E-state index contributed by atoms with van der Waals surface area (Å²) >= 11 is 0. The van der Waals surface area contributed by atoms with E-state index < -0.39 is 0 Å². The molecule has 1 atom stereocenters. The Hall–Kier alpha value is -4.34. The van der Waals surface area contributed by atoms with E-state index in [9.17, 15) is 0 Å². The summed E-state index contributed by atoms with van der Waals surface area (Å²) in [6, 6.07) is 12.2. The van der Waals surface area contributed by atoms with Crippen LogP contribution in [-0.4, -0.2) is 57.9 Å². The largest absolute Gasteiger partial charge is 0.493 e. The van der Waals surface area contributed by atoms with Crippen molar-refractivity contribution in [3.05, 3.63) is 61.0 Å². The molecule has 4 heterocycles. The van der Waals surface area contributed by atoms with Crippen LogP contribution in [0.1, 0.15) is 37.5 Å². The number of hydrogen-bond donors (Lipinski definition) is 1. The van der Waals surface area contributed by atoms with Gasteiger partial charge in [-0.15, -0.1) is 0 Å². The number of hydrogen-bond acceptors (Lipinski definition) is 9. The van der Waals surface area contributed by atoms with Gasteiger partial charge in [-0.1, -0.05) is 12.1 Å². The quantitative estimate of drug-likeness (QED) is 0.283. The lowest BCUT2D eigenvalue weighted by atomic mass is 9.80. The van der Waals surface area contributed by atoms with Gasteiger partial charge in [0.1, 0.15) is 11.3 Å². The molecule has 1 aliphatic heterocycles. The molecular formula is C30H33N7O3. The van der Waals surface area contributed by atoms with E-state index in [2.05, 4.69) is 19.8 Å². The van der Waals surface area contributed by atoms with Gasteiger partial charge in [0.15, 0.2) is 23.0 Å². The van der Waals surface area contributed by atoms with E-state index in [4.69, 9.17) is 28.8 Å². The van der Waals surface area contributed by atoms with E-state index in [0.29, 0.717) is 29.4 Å². The van der Waals surface area contributed by atoms with Crippen LogP contribution in [0.2, 0.25) is 0 Å². The average Bonchev–Trinajstić information content (AvgIpc) is 3.65. The van der Waals surface area contributed by atoms with Crippen LogP contribution in [-0.2, 0) is 6.54 Å². The van der Waals surface area contributed by atoms with Gasteiger partial charge >= 0.3 is 0 Å². The Labute approximate surface area is 232 Å². The minimum atomic E-state index is 0.179. The fraction of sp³-hybridized carbons (Fsp3) is 0.400. The zero-order valence-electron chi connectivity index (χ0n) is 22.8. The number of methoxy groups -OCH3 is 2. The van der Waals surface area contributed by atoms with Crippen molar-refractivity contribution in [2.24, 2.45) is 5.92 Å². The Morgan fingerprint density at radius 2 is 1.88 bits per heavy atom. The summed E-state index contributed by atoms with van der Waals surface area (Å²) in [7, 11) is 3.30. The zero-order chi connectivity index (χ0) is 27.1. The maximum absolute atomic E-state index is 6.14. The molecule has 2 aromatic carbocycles. The SMILES string of the molecule is COc1cc2nc(N3CCCC(c4nc5ccccc5o4)C3)nc(NC3CC(Cn4ccnc4)C3)c2cc1OC. The summed E-state index contributed by atoms with van der Waals surface area (Å²) in [4.78, 5) is 21.3. The number of piperidine rings is 1. The van der Waals surface area contributed by atoms with Crippen molar-refractivity contribution >= 4 is 33.8 Å². The first kappa shape index (κ1) is 24.7. The lowest BCUT2D eigenvalue weighted by molar-refractivity contribution is 0.249. The lowest BCUT2D eigenvalue weighted by Gasteiger charge is -2.37. The molecule has 0 bridgehead atoms. The molecule has 5 aromatic rings. The molecule has 40 heavy (non-hydrogen) atoms. The number of benzene rings is 2. The van der Waals surface area contributed by atoms with Gasteiger partial charge in [-0.3, -0.25) is 0 Å². The van der Waals surface area contributed by atoms with E-state index in [0.717, 1.165) is 79.0 Å². The second-order valence-electron chi connectivity index (χ2n) is 10.8. The number of oxazole rings is 1. The number of nitrogens with one attached hydrogen (secondary N) is 1. The van der Waals surface area contributed by atoms with Crippen molar-refractivity contribution in [1.82, 2.24) is 24.5 Å². The topological polar surface area (TPSA) is 103 Å². The maximum Gasteiger partial charge on any atom is 0.227 e. The molecule has 206 valence electrons. The van der Waals surface area contributed by atoms with E-state index in [-0.39, 0.29) is 5.92 Å². The number of anilines is 2. The zero-order valence-corrected chi connectivity index (χ0v) is 22.8. The fourth-order valence-electron chi connectivity index (χ4n) is 6.01. The summed E-state index contributed by atoms with van der Waals surface area (Å²) in [5, 5.41) is 4.65. The van der Waals surface area contributed by atoms with Crippen LogP contribution in [0.5, 0.6) is 11.5 Å². The predicted octanol–water partition coefficient (Wildman–Crippen LogP) is 5.26. The van der Waals surface area contributed by atoms with Crippen molar-refractivity contribution in [2.45, 2.75) is 44.2 Å².